The van der Waals surface area contributed by atoms with Crippen LogP contribution in [0.15, 0.2) is 72.9 Å². The van der Waals surface area contributed by atoms with Gasteiger partial charge in [0.1, 0.15) is 0 Å². The minimum Gasteiger partial charge on any atom is -0.493 e. The minimum absolute atomic E-state index is 0.0806. The molecule has 37 heavy (non-hydrogen) atoms. The molecule has 0 aliphatic carbocycles. The molecule has 2 heterocycles. The van der Waals surface area contributed by atoms with Crippen molar-refractivity contribution >= 4 is 22.7 Å². The molecule has 0 saturated carbocycles. The Kier molecular flexibility index (Phi) is 6.61. The Morgan fingerprint density at radius 2 is 1.65 bits per heavy atom. The number of nitrogens with zero attached hydrogens (tertiary/aromatic N) is 2. The zero-order chi connectivity index (χ0) is 26.1. The summed E-state index contributed by atoms with van der Waals surface area (Å²) in [6, 6.07) is 20.8. The number of amides is 2. The van der Waals surface area contributed by atoms with Crippen LogP contribution >= 0.6 is 0 Å². The second-order valence-electron chi connectivity index (χ2n) is 9.37. The average Bonchev–Trinajstić information content (AvgIpc) is 3.26. The SMILES string of the molecule is COc1ccc(CCNC(=O)C2c3ccccc3C(=O)N(C)C2c2cn(C)c3ccccc23)cc1OC. The highest BCUT2D eigenvalue weighted by Gasteiger charge is 2.43. The normalized spacial score (nSPS) is 17.0. The lowest BCUT2D eigenvalue weighted by atomic mass is 9.79. The van der Waals surface area contributed by atoms with Gasteiger partial charge in [0.05, 0.1) is 26.2 Å². The van der Waals surface area contributed by atoms with Gasteiger partial charge < -0.3 is 24.3 Å². The van der Waals surface area contributed by atoms with Crippen molar-refractivity contribution < 1.29 is 19.1 Å². The fourth-order valence-electron chi connectivity index (χ4n) is 5.43. The van der Waals surface area contributed by atoms with Crippen LogP contribution in [0.1, 0.15) is 39.0 Å². The van der Waals surface area contributed by atoms with Crippen molar-refractivity contribution in [2.45, 2.75) is 18.4 Å². The molecule has 0 spiro atoms. The van der Waals surface area contributed by atoms with Gasteiger partial charge in [-0.2, -0.15) is 0 Å². The summed E-state index contributed by atoms with van der Waals surface area (Å²) in [5.41, 5.74) is 4.38. The van der Waals surface area contributed by atoms with Gasteiger partial charge in [-0.15, -0.1) is 0 Å². The number of hydrogen-bond acceptors (Lipinski definition) is 4. The van der Waals surface area contributed by atoms with Gasteiger partial charge in [0.15, 0.2) is 11.5 Å². The summed E-state index contributed by atoms with van der Waals surface area (Å²) < 4.78 is 12.8. The summed E-state index contributed by atoms with van der Waals surface area (Å²) in [5, 5.41) is 4.18. The average molecular weight is 498 g/mol. The van der Waals surface area contributed by atoms with Gasteiger partial charge in [-0.1, -0.05) is 42.5 Å². The van der Waals surface area contributed by atoms with Crippen LogP contribution in [0.25, 0.3) is 10.9 Å². The maximum Gasteiger partial charge on any atom is 0.254 e. The highest BCUT2D eigenvalue weighted by molar-refractivity contribution is 6.02. The van der Waals surface area contributed by atoms with Crippen molar-refractivity contribution in [2.24, 2.45) is 7.05 Å². The van der Waals surface area contributed by atoms with Crippen LogP contribution in [0.3, 0.4) is 0 Å². The topological polar surface area (TPSA) is 72.8 Å². The van der Waals surface area contributed by atoms with Crippen LogP contribution in [-0.4, -0.2) is 49.1 Å². The molecule has 1 aliphatic rings. The quantitative estimate of drug-likeness (QED) is 0.409. The maximum absolute atomic E-state index is 13.9. The first-order valence-electron chi connectivity index (χ1n) is 12.3. The van der Waals surface area contributed by atoms with E-state index < -0.39 is 12.0 Å². The fraction of sp³-hybridized carbons (Fsp3) is 0.267. The number of ether oxygens (including phenoxy) is 2. The molecular formula is C30H31N3O4. The zero-order valence-corrected chi connectivity index (χ0v) is 21.5. The highest BCUT2D eigenvalue weighted by atomic mass is 16.5. The Labute approximate surface area is 216 Å². The van der Waals surface area contributed by atoms with Gasteiger partial charge in [0.2, 0.25) is 5.91 Å². The maximum atomic E-state index is 13.9. The Morgan fingerprint density at radius 1 is 0.919 bits per heavy atom. The number of fused-ring (bicyclic) bond motifs is 2. The van der Waals surface area contributed by atoms with E-state index in [0.717, 1.165) is 27.6 Å². The molecule has 0 saturated heterocycles. The van der Waals surface area contributed by atoms with E-state index in [-0.39, 0.29) is 11.8 Å². The Balaban J connectivity index is 1.47. The lowest BCUT2D eigenvalue weighted by Crippen LogP contribution is -2.45. The number of hydrogen-bond donors (Lipinski definition) is 1. The summed E-state index contributed by atoms with van der Waals surface area (Å²) in [5.74, 6) is 0.589. The molecule has 0 radical (unpaired) electrons. The molecule has 190 valence electrons. The number of carbonyl (C=O) groups excluding carboxylic acids is 2. The summed E-state index contributed by atoms with van der Waals surface area (Å²) in [4.78, 5) is 29.0. The second kappa shape index (κ2) is 10.0. The molecule has 1 aliphatic heterocycles. The first-order valence-corrected chi connectivity index (χ1v) is 12.3. The molecule has 7 nitrogen and oxygen atoms in total. The molecule has 2 amide bonds. The van der Waals surface area contributed by atoms with Crippen molar-refractivity contribution in [3.8, 4) is 11.5 Å². The number of likely N-dealkylation sites (N-methyl/N-ethyl adjacent to an activating group) is 1. The summed E-state index contributed by atoms with van der Waals surface area (Å²) in [6.07, 6.45) is 2.67. The predicted octanol–water partition coefficient (Wildman–Crippen LogP) is 4.46. The monoisotopic (exact) mass is 497 g/mol. The summed E-state index contributed by atoms with van der Waals surface area (Å²) >= 11 is 0. The standard InChI is InChI=1S/C30H31N3O4/c1-32-18-23(20-9-7-8-12-24(20)32)28-27(21-10-5-6-11-22(21)30(35)33(28)2)29(34)31-16-15-19-13-14-25(36-3)26(17-19)37-4/h5-14,17-18,27-28H,15-16H2,1-4H3,(H,31,34). The molecule has 0 fully saturated rings. The molecule has 5 rings (SSSR count). The van der Waals surface area contributed by atoms with E-state index in [0.29, 0.717) is 30.0 Å². The van der Waals surface area contributed by atoms with Crippen molar-refractivity contribution in [1.82, 2.24) is 14.8 Å². The lowest BCUT2D eigenvalue weighted by molar-refractivity contribution is -0.124. The highest BCUT2D eigenvalue weighted by Crippen LogP contribution is 2.44. The molecule has 7 heteroatoms. The van der Waals surface area contributed by atoms with Crippen LogP contribution in [-0.2, 0) is 18.3 Å². The molecule has 2 atom stereocenters. The molecule has 2 unspecified atom stereocenters. The first-order chi connectivity index (χ1) is 17.9. The molecule has 3 aromatic carbocycles. The lowest BCUT2D eigenvalue weighted by Gasteiger charge is -2.39. The third kappa shape index (κ3) is 4.31. The van der Waals surface area contributed by atoms with Crippen LogP contribution in [0, 0.1) is 0 Å². The number of methoxy groups -OCH3 is 2. The Bertz CT molecular complexity index is 1470. The number of carbonyl (C=O) groups is 2. The molecule has 1 aromatic heterocycles. The third-order valence-corrected chi connectivity index (χ3v) is 7.27. The smallest absolute Gasteiger partial charge is 0.254 e. The number of nitrogens with one attached hydrogen (secondary N) is 1. The van der Waals surface area contributed by atoms with Crippen molar-refractivity contribution in [1.29, 1.82) is 0 Å². The van der Waals surface area contributed by atoms with E-state index in [1.165, 1.54) is 0 Å². The van der Waals surface area contributed by atoms with E-state index in [4.69, 9.17) is 9.47 Å². The number of rotatable bonds is 7. The predicted molar refractivity (Wildman–Crippen MR) is 143 cm³/mol. The molecule has 0 bridgehead atoms. The second-order valence-corrected chi connectivity index (χ2v) is 9.37. The van der Waals surface area contributed by atoms with Gasteiger partial charge in [0.25, 0.3) is 5.91 Å². The van der Waals surface area contributed by atoms with Crippen LogP contribution in [0.2, 0.25) is 0 Å². The number of benzene rings is 3. The minimum atomic E-state index is -0.546. The van der Waals surface area contributed by atoms with Crippen molar-refractivity contribution in [3.63, 3.8) is 0 Å². The molecule has 4 aromatic rings. The Hall–Kier alpha value is -4.26. The number of aryl methyl sites for hydroxylation is 1. The van der Waals surface area contributed by atoms with Crippen LogP contribution in [0.4, 0.5) is 0 Å². The molecular weight excluding hydrogens is 466 g/mol. The van der Waals surface area contributed by atoms with Gasteiger partial charge in [-0.25, -0.2) is 0 Å². The summed E-state index contributed by atoms with van der Waals surface area (Å²) in [7, 11) is 6.99. The largest absolute Gasteiger partial charge is 0.493 e. The van der Waals surface area contributed by atoms with Gasteiger partial charge >= 0.3 is 0 Å². The van der Waals surface area contributed by atoms with Gasteiger partial charge in [-0.05, 0) is 41.8 Å². The van der Waals surface area contributed by atoms with E-state index in [1.54, 1.807) is 32.2 Å². The molecule has 1 N–H and O–H groups in total. The van der Waals surface area contributed by atoms with E-state index in [1.807, 2.05) is 61.8 Å². The van der Waals surface area contributed by atoms with Crippen LogP contribution in [0.5, 0.6) is 11.5 Å². The van der Waals surface area contributed by atoms with Gasteiger partial charge in [0, 0.05) is 48.9 Å². The van der Waals surface area contributed by atoms with Gasteiger partial charge in [-0.3, -0.25) is 9.59 Å². The summed E-state index contributed by atoms with van der Waals surface area (Å²) in [6.45, 7) is 0.451. The van der Waals surface area contributed by atoms with E-state index >= 15 is 0 Å². The van der Waals surface area contributed by atoms with E-state index in [9.17, 15) is 9.59 Å². The van der Waals surface area contributed by atoms with E-state index in [2.05, 4.69) is 22.0 Å². The zero-order valence-electron chi connectivity index (χ0n) is 21.5. The third-order valence-electron chi connectivity index (χ3n) is 7.27. The number of aromatic nitrogens is 1. The van der Waals surface area contributed by atoms with Crippen molar-refractivity contribution in [3.05, 3.63) is 95.2 Å². The Morgan fingerprint density at radius 3 is 2.43 bits per heavy atom. The van der Waals surface area contributed by atoms with Crippen LogP contribution < -0.4 is 14.8 Å². The van der Waals surface area contributed by atoms with Crippen molar-refractivity contribution in [2.75, 3.05) is 27.8 Å². The number of para-hydroxylation sites is 1. The fourth-order valence-corrected chi connectivity index (χ4v) is 5.43. The first kappa shape index (κ1) is 24.4.